The fraction of sp³-hybridized carbons (Fsp3) is 0.250. The SMILES string of the molecule is C#C.O=C(O)[C@@H]1Cc2ccccc2CN1. The zero-order valence-electron chi connectivity index (χ0n) is 8.31. The summed E-state index contributed by atoms with van der Waals surface area (Å²) in [5.74, 6) is -0.769. The predicted octanol–water partition coefficient (Wildman–Crippen LogP) is 1.03. The van der Waals surface area contributed by atoms with Gasteiger partial charge in [-0.3, -0.25) is 4.79 Å². The van der Waals surface area contributed by atoms with Crippen molar-refractivity contribution < 1.29 is 9.90 Å². The van der Waals surface area contributed by atoms with Crippen molar-refractivity contribution in [1.82, 2.24) is 5.32 Å². The number of hydrogen-bond donors (Lipinski definition) is 2. The Labute approximate surface area is 89.1 Å². The van der Waals surface area contributed by atoms with Gasteiger partial charge < -0.3 is 10.4 Å². The first-order chi connectivity index (χ1) is 7.27. The Hall–Kier alpha value is -1.79. The van der Waals surface area contributed by atoms with Crippen LogP contribution in [-0.2, 0) is 17.8 Å². The number of hydrogen-bond acceptors (Lipinski definition) is 2. The third-order valence-corrected chi connectivity index (χ3v) is 2.38. The summed E-state index contributed by atoms with van der Waals surface area (Å²) in [6, 6.07) is 7.52. The van der Waals surface area contributed by atoms with Crippen LogP contribution in [0.25, 0.3) is 0 Å². The molecule has 0 bridgehead atoms. The summed E-state index contributed by atoms with van der Waals surface area (Å²) in [4.78, 5) is 10.7. The largest absolute Gasteiger partial charge is 0.480 e. The number of fused-ring (bicyclic) bond motifs is 1. The number of nitrogens with one attached hydrogen (secondary N) is 1. The van der Waals surface area contributed by atoms with Crippen molar-refractivity contribution in [2.24, 2.45) is 0 Å². The fourth-order valence-corrected chi connectivity index (χ4v) is 1.63. The number of aliphatic carboxylic acids is 1. The average Bonchev–Trinajstić information content (AvgIpc) is 2.31. The van der Waals surface area contributed by atoms with E-state index in [1.54, 1.807) is 0 Å². The maximum Gasteiger partial charge on any atom is 0.321 e. The number of benzene rings is 1. The third kappa shape index (κ3) is 2.58. The Morgan fingerprint density at radius 3 is 2.53 bits per heavy atom. The second-order valence-electron chi connectivity index (χ2n) is 3.24. The van der Waals surface area contributed by atoms with Crippen LogP contribution in [0.1, 0.15) is 11.1 Å². The normalized spacial score (nSPS) is 18.1. The second-order valence-corrected chi connectivity index (χ2v) is 3.24. The number of terminal acetylenes is 1. The summed E-state index contributed by atoms with van der Waals surface area (Å²) in [5.41, 5.74) is 2.36. The Kier molecular flexibility index (Phi) is 3.90. The summed E-state index contributed by atoms with van der Waals surface area (Å²) in [7, 11) is 0. The van der Waals surface area contributed by atoms with Crippen LogP contribution in [0.15, 0.2) is 24.3 Å². The lowest BCUT2D eigenvalue weighted by atomic mass is 9.96. The van der Waals surface area contributed by atoms with Gasteiger partial charge in [0, 0.05) is 6.54 Å². The van der Waals surface area contributed by atoms with E-state index in [0.717, 1.165) is 5.56 Å². The number of carboxylic acid groups (broad SMARTS) is 1. The van der Waals surface area contributed by atoms with Crippen molar-refractivity contribution in [3.8, 4) is 12.8 Å². The van der Waals surface area contributed by atoms with Gasteiger partial charge in [0.25, 0.3) is 0 Å². The maximum atomic E-state index is 10.7. The van der Waals surface area contributed by atoms with Crippen LogP contribution in [0, 0.1) is 12.8 Å². The van der Waals surface area contributed by atoms with Crippen molar-refractivity contribution in [3.05, 3.63) is 35.4 Å². The highest BCUT2D eigenvalue weighted by molar-refractivity contribution is 5.74. The van der Waals surface area contributed by atoms with Crippen molar-refractivity contribution in [2.75, 3.05) is 0 Å². The Bertz CT molecular complexity index is 371. The molecular formula is C12H13NO2. The molecule has 0 saturated carbocycles. The monoisotopic (exact) mass is 203 g/mol. The third-order valence-electron chi connectivity index (χ3n) is 2.38. The highest BCUT2D eigenvalue weighted by Crippen LogP contribution is 2.15. The molecule has 1 aliphatic rings. The number of carboxylic acids is 1. The van der Waals surface area contributed by atoms with E-state index in [1.165, 1.54) is 5.56 Å². The summed E-state index contributed by atoms with van der Waals surface area (Å²) < 4.78 is 0. The lowest BCUT2D eigenvalue weighted by molar-refractivity contribution is -0.139. The minimum Gasteiger partial charge on any atom is -0.480 e. The maximum absolute atomic E-state index is 10.7. The summed E-state index contributed by atoms with van der Waals surface area (Å²) in [5, 5.41) is 11.8. The molecule has 0 aliphatic carbocycles. The zero-order valence-corrected chi connectivity index (χ0v) is 8.31. The highest BCUT2D eigenvalue weighted by Gasteiger charge is 2.22. The molecule has 0 unspecified atom stereocenters. The van der Waals surface area contributed by atoms with Crippen LogP contribution in [0.5, 0.6) is 0 Å². The molecule has 3 heteroatoms. The zero-order chi connectivity index (χ0) is 11.3. The highest BCUT2D eigenvalue weighted by atomic mass is 16.4. The van der Waals surface area contributed by atoms with Gasteiger partial charge in [0.15, 0.2) is 0 Å². The number of carbonyl (C=O) groups is 1. The average molecular weight is 203 g/mol. The van der Waals surface area contributed by atoms with Gasteiger partial charge in [-0.05, 0) is 17.5 Å². The smallest absolute Gasteiger partial charge is 0.321 e. The molecule has 0 radical (unpaired) electrons. The minimum atomic E-state index is -0.769. The predicted molar refractivity (Wildman–Crippen MR) is 58.3 cm³/mol. The molecule has 0 fully saturated rings. The molecular weight excluding hydrogens is 190 g/mol. The summed E-state index contributed by atoms with van der Waals surface area (Å²) in [6.07, 6.45) is 8.59. The molecule has 0 amide bonds. The first kappa shape index (κ1) is 11.3. The standard InChI is InChI=1S/C10H11NO2.C2H2/c12-10(13)9-5-7-3-1-2-4-8(7)6-11-9;1-2/h1-4,9,11H,5-6H2,(H,12,13);1-2H/t9-;/m0./s1. The van der Waals surface area contributed by atoms with E-state index in [1.807, 2.05) is 24.3 Å². The van der Waals surface area contributed by atoms with Crippen molar-refractivity contribution in [2.45, 2.75) is 19.0 Å². The van der Waals surface area contributed by atoms with E-state index in [4.69, 9.17) is 5.11 Å². The number of rotatable bonds is 1. The van der Waals surface area contributed by atoms with Gasteiger partial charge in [0.2, 0.25) is 0 Å². The molecule has 1 heterocycles. The Morgan fingerprint density at radius 1 is 1.33 bits per heavy atom. The molecule has 0 spiro atoms. The van der Waals surface area contributed by atoms with Crippen molar-refractivity contribution in [1.29, 1.82) is 0 Å². The van der Waals surface area contributed by atoms with Crippen LogP contribution in [0.4, 0.5) is 0 Å². The molecule has 3 nitrogen and oxygen atoms in total. The molecule has 1 aromatic rings. The van der Waals surface area contributed by atoms with E-state index in [2.05, 4.69) is 18.2 Å². The molecule has 15 heavy (non-hydrogen) atoms. The second kappa shape index (κ2) is 5.18. The summed E-state index contributed by atoms with van der Waals surface area (Å²) in [6.45, 7) is 0.660. The molecule has 0 aromatic heterocycles. The van der Waals surface area contributed by atoms with E-state index in [9.17, 15) is 4.79 Å². The topological polar surface area (TPSA) is 49.3 Å². The van der Waals surface area contributed by atoms with E-state index in [-0.39, 0.29) is 0 Å². The van der Waals surface area contributed by atoms with Crippen LogP contribution < -0.4 is 5.32 Å². The van der Waals surface area contributed by atoms with E-state index >= 15 is 0 Å². The first-order valence-electron chi connectivity index (χ1n) is 4.63. The molecule has 1 atom stereocenters. The molecule has 1 aromatic carbocycles. The molecule has 2 rings (SSSR count). The van der Waals surface area contributed by atoms with Gasteiger partial charge in [0.1, 0.15) is 6.04 Å². The van der Waals surface area contributed by atoms with Gasteiger partial charge in [0.05, 0.1) is 0 Å². The Morgan fingerprint density at radius 2 is 1.93 bits per heavy atom. The van der Waals surface area contributed by atoms with Crippen LogP contribution in [0.3, 0.4) is 0 Å². The van der Waals surface area contributed by atoms with Crippen LogP contribution >= 0.6 is 0 Å². The van der Waals surface area contributed by atoms with Crippen LogP contribution in [0.2, 0.25) is 0 Å². The van der Waals surface area contributed by atoms with Gasteiger partial charge in [-0.1, -0.05) is 24.3 Å². The summed E-state index contributed by atoms with van der Waals surface area (Å²) >= 11 is 0. The molecule has 1 aliphatic heterocycles. The first-order valence-corrected chi connectivity index (χ1v) is 4.63. The molecule has 0 saturated heterocycles. The lowest BCUT2D eigenvalue weighted by Crippen LogP contribution is -2.41. The molecule has 78 valence electrons. The molecule has 2 N–H and O–H groups in total. The van der Waals surface area contributed by atoms with Gasteiger partial charge in [-0.2, -0.15) is 0 Å². The van der Waals surface area contributed by atoms with E-state index < -0.39 is 12.0 Å². The van der Waals surface area contributed by atoms with Crippen molar-refractivity contribution >= 4 is 5.97 Å². The van der Waals surface area contributed by atoms with Gasteiger partial charge in [-0.25, -0.2) is 0 Å². The minimum absolute atomic E-state index is 0.421. The Balaban J connectivity index is 0.000000531. The van der Waals surface area contributed by atoms with E-state index in [0.29, 0.717) is 13.0 Å². The van der Waals surface area contributed by atoms with Crippen LogP contribution in [-0.4, -0.2) is 17.1 Å². The van der Waals surface area contributed by atoms with Gasteiger partial charge >= 0.3 is 5.97 Å². The lowest BCUT2D eigenvalue weighted by Gasteiger charge is -2.22. The fourth-order valence-electron chi connectivity index (χ4n) is 1.63. The quantitative estimate of drug-likeness (QED) is 0.670. The van der Waals surface area contributed by atoms with Crippen molar-refractivity contribution in [3.63, 3.8) is 0 Å². The van der Waals surface area contributed by atoms with Gasteiger partial charge in [-0.15, -0.1) is 12.8 Å².